The number of nitrogens with zero attached hydrogens (tertiary/aromatic N) is 1. The van der Waals surface area contributed by atoms with Gasteiger partial charge in [0.15, 0.2) is 0 Å². The monoisotopic (exact) mass is 349 g/mol. The predicted molar refractivity (Wildman–Crippen MR) is 103 cm³/mol. The number of benzene rings is 2. The molecule has 2 aliphatic rings. The van der Waals surface area contributed by atoms with Crippen molar-refractivity contribution < 1.29 is 9.53 Å². The van der Waals surface area contributed by atoms with Crippen molar-refractivity contribution in [2.24, 2.45) is 5.92 Å². The summed E-state index contributed by atoms with van der Waals surface area (Å²) in [5.74, 6) is 1.87. The van der Waals surface area contributed by atoms with Gasteiger partial charge in [-0.05, 0) is 61.3 Å². The second-order valence-corrected chi connectivity index (χ2v) is 7.74. The van der Waals surface area contributed by atoms with Gasteiger partial charge in [0.2, 0.25) is 5.91 Å². The molecule has 0 atom stereocenters. The highest BCUT2D eigenvalue weighted by atomic mass is 16.5. The summed E-state index contributed by atoms with van der Waals surface area (Å²) in [7, 11) is 1.67. The fraction of sp³-hybridized carbons (Fsp3) is 0.435. The lowest BCUT2D eigenvalue weighted by Crippen LogP contribution is -2.44. The van der Waals surface area contributed by atoms with Gasteiger partial charge in [0.1, 0.15) is 5.75 Å². The normalized spacial score (nSPS) is 19.2. The molecule has 0 aromatic heterocycles. The zero-order valence-corrected chi connectivity index (χ0v) is 15.5. The van der Waals surface area contributed by atoms with E-state index in [1.54, 1.807) is 7.11 Å². The van der Waals surface area contributed by atoms with Gasteiger partial charge in [0, 0.05) is 13.1 Å². The molecule has 1 amide bonds. The molecule has 3 nitrogen and oxygen atoms in total. The summed E-state index contributed by atoms with van der Waals surface area (Å²) in [4.78, 5) is 15.3. The van der Waals surface area contributed by atoms with E-state index in [0.717, 1.165) is 56.5 Å². The molecule has 1 aliphatic carbocycles. The van der Waals surface area contributed by atoms with E-state index in [-0.39, 0.29) is 5.41 Å². The number of carbonyl (C=O) groups is 1. The Hall–Kier alpha value is -2.29. The van der Waals surface area contributed by atoms with E-state index in [1.807, 2.05) is 12.1 Å². The Bertz CT molecular complexity index is 742. The molecule has 1 aliphatic heterocycles. The Morgan fingerprint density at radius 2 is 1.69 bits per heavy atom. The van der Waals surface area contributed by atoms with Gasteiger partial charge in [-0.25, -0.2) is 0 Å². The lowest BCUT2D eigenvalue weighted by Gasteiger charge is -2.34. The van der Waals surface area contributed by atoms with Crippen molar-refractivity contribution >= 4 is 5.91 Å². The largest absolute Gasteiger partial charge is 0.497 e. The van der Waals surface area contributed by atoms with E-state index in [9.17, 15) is 4.79 Å². The van der Waals surface area contributed by atoms with Gasteiger partial charge < -0.3 is 9.64 Å². The minimum absolute atomic E-state index is 0.265. The molecule has 1 heterocycles. The van der Waals surface area contributed by atoms with Crippen LogP contribution >= 0.6 is 0 Å². The van der Waals surface area contributed by atoms with Gasteiger partial charge in [0.05, 0.1) is 12.5 Å². The molecule has 26 heavy (non-hydrogen) atoms. The van der Waals surface area contributed by atoms with Crippen molar-refractivity contribution in [1.82, 2.24) is 4.90 Å². The molecular formula is C23H27NO2. The zero-order valence-electron chi connectivity index (χ0n) is 15.5. The number of ether oxygens (including phenoxy) is 1. The van der Waals surface area contributed by atoms with E-state index in [2.05, 4.69) is 47.4 Å². The minimum Gasteiger partial charge on any atom is -0.497 e. The van der Waals surface area contributed by atoms with Crippen LogP contribution in [0.1, 0.15) is 36.8 Å². The Morgan fingerprint density at radius 3 is 2.27 bits per heavy atom. The zero-order chi connectivity index (χ0) is 18.0. The van der Waals surface area contributed by atoms with E-state index in [4.69, 9.17) is 4.74 Å². The topological polar surface area (TPSA) is 29.5 Å². The molecule has 1 saturated carbocycles. The highest BCUT2D eigenvalue weighted by molar-refractivity contribution is 5.91. The third-order valence-corrected chi connectivity index (χ3v) is 6.07. The first kappa shape index (κ1) is 17.1. The number of hydrogen-bond acceptors (Lipinski definition) is 2. The number of hydrogen-bond donors (Lipinski definition) is 0. The third kappa shape index (κ3) is 3.35. The Balaban J connectivity index is 1.37. The molecule has 4 rings (SSSR count). The van der Waals surface area contributed by atoms with E-state index in [0.29, 0.717) is 11.8 Å². The first-order valence-corrected chi connectivity index (χ1v) is 9.69. The predicted octanol–water partition coefficient (Wildman–Crippen LogP) is 4.21. The lowest BCUT2D eigenvalue weighted by molar-refractivity contribution is -0.135. The molecule has 1 saturated heterocycles. The smallest absolute Gasteiger partial charge is 0.233 e. The van der Waals surface area contributed by atoms with E-state index < -0.39 is 0 Å². The molecule has 0 spiro atoms. The van der Waals surface area contributed by atoms with Crippen LogP contribution in [-0.2, 0) is 16.6 Å². The molecule has 0 bridgehead atoms. The summed E-state index contributed by atoms with van der Waals surface area (Å²) in [5, 5.41) is 0. The molecule has 2 aromatic rings. The van der Waals surface area contributed by atoms with Crippen LogP contribution in [0.2, 0.25) is 0 Å². The minimum atomic E-state index is -0.265. The first-order valence-electron chi connectivity index (χ1n) is 9.69. The summed E-state index contributed by atoms with van der Waals surface area (Å²) in [5.41, 5.74) is 2.29. The lowest BCUT2D eigenvalue weighted by atomic mass is 9.88. The van der Waals surface area contributed by atoms with Crippen molar-refractivity contribution in [1.29, 1.82) is 0 Å². The molecule has 2 fully saturated rings. The summed E-state index contributed by atoms with van der Waals surface area (Å²) < 4.78 is 5.24. The molecule has 0 radical (unpaired) electrons. The van der Waals surface area contributed by atoms with Gasteiger partial charge in [-0.1, -0.05) is 42.5 Å². The standard InChI is InChI=1S/C23H27NO2/c1-26-21-9-7-20(8-10-21)23(13-14-23)22(25)24-15-11-19(12-16-24)17-18-5-3-2-4-6-18/h2-10,19H,11-17H2,1H3. The van der Waals surface area contributed by atoms with E-state index >= 15 is 0 Å². The van der Waals surface area contributed by atoms with Crippen LogP contribution in [0.25, 0.3) is 0 Å². The number of methoxy groups -OCH3 is 1. The summed E-state index contributed by atoms with van der Waals surface area (Å²) in [6.07, 6.45) is 5.30. The second-order valence-electron chi connectivity index (χ2n) is 7.74. The van der Waals surface area contributed by atoms with Gasteiger partial charge >= 0.3 is 0 Å². The third-order valence-electron chi connectivity index (χ3n) is 6.07. The fourth-order valence-electron chi connectivity index (χ4n) is 4.25. The molecule has 136 valence electrons. The van der Waals surface area contributed by atoms with Gasteiger partial charge in [0.25, 0.3) is 0 Å². The van der Waals surface area contributed by atoms with Crippen LogP contribution in [0.5, 0.6) is 5.75 Å². The number of rotatable bonds is 5. The van der Waals surface area contributed by atoms with Crippen LogP contribution < -0.4 is 4.74 Å². The van der Waals surface area contributed by atoms with Crippen LogP contribution in [0.15, 0.2) is 54.6 Å². The molecule has 0 unspecified atom stereocenters. The Kier molecular flexibility index (Phi) is 4.71. The van der Waals surface area contributed by atoms with Crippen molar-refractivity contribution in [3.8, 4) is 5.75 Å². The Labute approximate surface area is 156 Å². The van der Waals surface area contributed by atoms with Gasteiger partial charge in [-0.3, -0.25) is 4.79 Å². The molecule has 3 heteroatoms. The highest BCUT2D eigenvalue weighted by Crippen LogP contribution is 2.50. The maximum absolute atomic E-state index is 13.2. The number of likely N-dealkylation sites (tertiary alicyclic amines) is 1. The fourth-order valence-corrected chi connectivity index (χ4v) is 4.25. The summed E-state index contributed by atoms with van der Waals surface area (Å²) in [6, 6.07) is 18.8. The number of carbonyl (C=O) groups excluding carboxylic acids is 1. The van der Waals surface area contributed by atoms with Gasteiger partial charge in [-0.2, -0.15) is 0 Å². The van der Waals surface area contributed by atoms with Crippen LogP contribution in [0.3, 0.4) is 0 Å². The molecule has 0 N–H and O–H groups in total. The average Bonchev–Trinajstić information content (AvgIpc) is 3.51. The SMILES string of the molecule is COc1ccc(C2(C(=O)N3CCC(Cc4ccccc4)CC3)CC2)cc1. The molecular weight excluding hydrogens is 322 g/mol. The Morgan fingerprint density at radius 1 is 1.04 bits per heavy atom. The summed E-state index contributed by atoms with van der Waals surface area (Å²) in [6.45, 7) is 1.79. The van der Waals surface area contributed by atoms with E-state index in [1.165, 1.54) is 5.56 Å². The van der Waals surface area contributed by atoms with Crippen LogP contribution in [0.4, 0.5) is 0 Å². The quantitative estimate of drug-likeness (QED) is 0.809. The van der Waals surface area contributed by atoms with Crippen LogP contribution in [0, 0.1) is 5.92 Å². The van der Waals surface area contributed by atoms with Crippen molar-refractivity contribution in [2.75, 3.05) is 20.2 Å². The number of piperidine rings is 1. The molecule has 2 aromatic carbocycles. The maximum atomic E-state index is 13.2. The van der Waals surface area contributed by atoms with Gasteiger partial charge in [-0.15, -0.1) is 0 Å². The first-order chi connectivity index (χ1) is 12.7. The summed E-state index contributed by atoms with van der Waals surface area (Å²) >= 11 is 0. The highest BCUT2D eigenvalue weighted by Gasteiger charge is 2.53. The van der Waals surface area contributed by atoms with Crippen molar-refractivity contribution in [3.63, 3.8) is 0 Å². The average molecular weight is 349 g/mol. The van der Waals surface area contributed by atoms with Crippen molar-refractivity contribution in [2.45, 2.75) is 37.5 Å². The van der Waals surface area contributed by atoms with Crippen LogP contribution in [-0.4, -0.2) is 31.0 Å². The maximum Gasteiger partial charge on any atom is 0.233 e. The number of amides is 1. The second kappa shape index (κ2) is 7.14. The van der Waals surface area contributed by atoms with Crippen molar-refractivity contribution in [3.05, 3.63) is 65.7 Å².